The number of esters is 2. The van der Waals surface area contributed by atoms with Crippen LogP contribution in [0, 0.1) is 0 Å². The standard InChI is InChI=1S/C14H15Cl3O4Si/c1-2-8-20-13(18)11-6-3-4-7-12(11)14(19)21-9-5-10-22(15,16)17/h2-4,6-7H,1,5,8-10H2. The van der Waals surface area contributed by atoms with Gasteiger partial charge in [0, 0.05) is 0 Å². The first kappa shape index (κ1) is 19.0. The van der Waals surface area contributed by atoms with Gasteiger partial charge in [-0.25, -0.2) is 9.59 Å². The number of rotatable bonds is 8. The Morgan fingerprint density at radius 1 is 1.09 bits per heavy atom. The van der Waals surface area contributed by atoms with Gasteiger partial charge in [0.2, 0.25) is 0 Å². The monoisotopic (exact) mass is 380 g/mol. The molecule has 0 aliphatic heterocycles. The SMILES string of the molecule is C=CCOC(=O)c1ccccc1C(=O)OCCC[Si](Cl)(Cl)Cl. The molecule has 0 aliphatic carbocycles. The van der Waals surface area contributed by atoms with Crippen molar-refractivity contribution in [1.29, 1.82) is 0 Å². The molecule has 0 unspecified atom stereocenters. The smallest absolute Gasteiger partial charge is 0.341 e. The Labute approximate surface area is 144 Å². The molecule has 0 atom stereocenters. The van der Waals surface area contributed by atoms with Crippen LogP contribution in [0.3, 0.4) is 0 Å². The van der Waals surface area contributed by atoms with Crippen molar-refractivity contribution in [2.24, 2.45) is 0 Å². The fourth-order valence-corrected chi connectivity index (χ4v) is 3.31. The highest BCUT2D eigenvalue weighted by Gasteiger charge is 2.24. The highest BCUT2D eigenvalue weighted by atomic mass is 35.8. The fourth-order valence-electron chi connectivity index (χ4n) is 1.57. The Balaban J connectivity index is 2.65. The summed E-state index contributed by atoms with van der Waals surface area (Å²) < 4.78 is 10.0. The molecule has 0 spiro atoms. The predicted octanol–water partition coefficient (Wildman–Crippen LogP) is 4.23. The van der Waals surface area contributed by atoms with E-state index in [1.54, 1.807) is 12.1 Å². The van der Waals surface area contributed by atoms with E-state index in [-0.39, 0.29) is 24.3 Å². The zero-order chi connectivity index (χ0) is 16.6. The summed E-state index contributed by atoms with van der Waals surface area (Å²) in [5, 5.41) is 0. The maximum Gasteiger partial charge on any atom is 0.341 e. The summed E-state index contributed by atoms with van der Waals surface area (Å²) in [5.74, 6) is -1.22. The molecule has 8 heteroatoms. The quantitative estimate of drug-likeness (QED) is 0.222. The van der Waals surface area contributed by atoms with E-state index in [2.05, 4.69) is 6.58 Å². The average Bonchev–Trinajstić information content (AvgIpc) is 2.48. The van der Waals surface area contributed by atoms with Crippen LogP contribution in [0.4, 0.5) is 0 Å². The van der Waals surface area contributed by atoms with E-state index in [1.807, 2.05) is 0 Å². The van der Waals surface area contributed by atoms with Gasteiger partial charge in [-0.05, 0) is 24.6 Å². The van der Waals surface area contributed by atoms with Crippen molar-refractivity contribution < 1.29 is 19.1 Å². The van der Waals surface area contributed by atoms with Gasteiger partial charge in [0.25, 0.3) is 0 Å². The van der Waals surface area contributed by atoms with Gasteiger partial charge in [0.15, 0.2) is 0 Å². The molecule has 1 rings (SSSR count). The minimum atomic E-state index is -2.71. The second kappa shape index (κ2) is 9.20. The molecule has 0 fully saturated rings. The van der Waals surface area contributed by atoms with Crippen LogP contribution in [0.2, 0.25) is 6.04 Å². The van der Waals surface area contributed by atoms with E-state index in [0.717, 1.165) is 0 Å². The van der Waals surface area contributed by atoms with Crippen LogP contribution >= 0.6 is 33.2 Å². The van der Waals surface area contributed by atoms with Gasteiger partial charge in [-0.3, -0.25) is 0 Å². The van der Waals surface area contributed by atoms with E-state index in [9.17, 15) is 9.59 Å². The molecular formula is C14H15Cl3O4Si. The summed E-state index contributed by atoms with van der Waals surface area (Å²) in [6.07, 6.45) is 1.90. The fraction of sp³-hybridized carbons (Fsp3) is 0.286. The lowest BCUT2D eigenvalue weighted by molar-refractivity contribution is 0.0475. The van der Waals surface area contributed by atoms with Gasteiger partial charge >= 0.3 is 17.9 Å². The molecule has 0 radical (unpaired) electrons. The Kier molecular flexibility index (Phi) is 7.96. The van der Waals surface area contributed by atoms with E-state index >= 15 is 0 Å². The number of carbonyl (C=O) groups excluding carboxylic acids is 2. The molecule has 0 heterocycles. The average molecular weight is 382 g/mol. The van der Waals surface area contributed by atoms with Crippen LogP contribution in [-0.4, -0.2) is 31.2 Å². The second-order valence-electron chi connectivity index (χ2n) is 4.29. The van der Waals surface area contributed by atoms with Crippen LogP contribution in [0.1, 0.15) is 27.1 Å². The van der Waals surface area contributed by atoms with Crippen molar-refractivity contribution in [2.45, 2.75) is 12.5 Å². The van der Waals surface area contributed by atoms with E-state index < -0.39 is 17.9 Å². The van der Waals surface area contributed by atoms with Gasteiger partial charge in [-0.1, -0.05) is 24.8 Å². The molecule has 1 aromatic rings. The number of carbonyl (C=O) groups is 2. The molecule has 0 saturated carbocycles. The largest absolute Gasteiger partial charge is 0.462 e. The first-order valence-corrected chi connectivity index (χ1v) is 11.7. The lowest BCUT2D eigenvalue weighted by Gasteiger charge is -2.10. The van der Waals surface area contributed by atoms with Gasteiger partial charge in [0.05, 0.1) is 17.7 Å². The molecule has 0 bridgehead atoms. The van der Waals surface area contributed by atoms with Crippen molar-refractivity contribution in [3.63, 3.8) is 0 Å². The third-order valence-electron chi connectivity index (χ3n) is 2.54. The number of ether oxygens (including phenoxy) is 2. The van der Waals surface area contributed by atoms with Crippen LogP contribution in [-0.2, 0) is 9.47 Å². The summed E-state index contributed by atoms with van der Waals surface area (Å²) in [7, 11) is 0. The van der Waals surface area contributed by atoms with Gasteiger partial charge in [-0.15, -0.1) is 33.2 Å². The summed E-state index contributed by atoms with van der Waals surface area (Å²) in [6.45, 7) is 3.64. The molecule has 0 aromatic heterocycles. The minimum absolute atomic E-state index is 0.0656. The summed E-state index contributed by atoms with van der Waals surface area (Å²) in [6, 6.07) is 3.95. The topological polar surface area (TPSA) is 52.6 Å². The molecule has 1 aromatic carbocycles. The Hall–Kier alpha value is -1.01. The van der Waals surface area contributed by atoms with E-state index in [1.165, 1.54) is 18.2 Å². The molecule has 0 saturated heterocycles. The number of hydrogen-bond donors (Lipinski definition) is 0. The Morgan fingerprint density at radius 2 is 1.64 bits per heavy atom. The van der Waals surface area contributed by atoms with Crippen LogP contribution in [0.15, 0.2) is 36.9 Å². The van der Waals surface area contributed by atoms with Crippen LogP contribution < -0.4 is 0 Å². The Morgan fingerprint density at radius 3 is 2.14 bits per heavy atom. The molecule has 0 amide bonds. The van der Waals surface area contributed by atoms with E-state index in [0.29, 0.717) is 12.5 Å². The summed E-state index contributed by atoms with van der Waals surface area (Å²) >= 11 is 17.2. The number of benzene rings is 1. The van der Waals surface area contributed by atoms with Crippen molar-refractivity contribution in [3.05, 3.63) is 48.0 Å². The highest BCUT2D eigenvalue weighted by molar-refractivity contribution is 7.64. The van der Waals surface area contributed by atoms with Crippen molar-refractivity contribution in [3.8, 4) is 0 Å². The number of hydrogen-bond acceptors (Lipinski definition) is 4. The zero-order valence-corrected chi connectivity index (χ0v) is 15.0. The maximum absolute atomic E-state index is 12.0. The predicted molar refractivity (Wildman–Crippen MR) is 89.9 cm³/mol. The van der Waals surface area contributed by atoms with Gasteiger partial charge < -0.3 is 9.47 Å². The molecule has 0 N–H and O–H groups in total. The van der Waals surface area contributed by atoms with Crippen molar-refractivity contribution in [2.75, 3.05) is 13.2 Å². The van der Waals surface area contributed by atoms with E-state index in [4.69, 9.17) is 42.7 Å². The first-order valence-electron chi connectivity index (χ1n) is 6.46. The van der Waals surface area contributed by atoms with Crippen LogP contribution in [0.5, 0.6) is 0 Å². The second-order valence-corrected chi connectivity index (χ2v) is 13.6. The molecular weight excluding hydrogens is 367 g/mol. The third-order valence-corrected chi connectivity index (χ3v) is 5.16. The minimum Gasteiger partial charge on any atom is -0.462 e. The molecule has 120 valence electrons. The van der Waals surface area contributed by atoms with Gasteiger partial charge in [-0.2, -0.15) is 0 Å². The maximum atomic E-state index is 12.0. The lowest BCUT2D eigenvalue weighted by Crippen LogP contribution is -2.15. The third kappa shape index (κ3) is 6.83. The summed E-state index contributed by atoms with van der Waals surface area (Å²) in [5.41, 5.74) is 0.285. The molecule has 4 nitrogen and oxygen atoms in total. The normalized spacial score (nSPS) is 10.9. The summed E-state index contributed by atoms with van der Waals surface area (Å²) in [4.78, 5) is 23.9. The Bertz CT molecular complexity index is 543. The number of halogens is 3. The highest BCUT2D eigenvalue weighted by Crippen LogP contribution is 2.26. The molecule has 0 aliphatic rings. The van der Waals surface area contributed by atoms with Crippen molar-refractivity contribution in [1.82, 2.24) is 0 Å². The zero-order valence-electron chi connectivity index (χ0n) is 11.7. The lowest BCUT2D eigenvalue weighted by atomic mass is 10.1. The van der Waals surface area contributed by atoms with Gasteiger partial charge in [0.1, 0.15) is 6.61 Å². The first-order chi connectivity index (χ1) is 10.3. The van der Waals surface area contributed by atoms with Crippen molar-refractivity contribution >= 4 is 51.2 Å². The van der Waals surface area contributed by atoms with Crippen LogP contribution in [0.25, 0.3) is 0 Å². The molecule has 22 heavy (non-hydrogen) atoms.